The van der Waals surface area contributed by atoms with Crippen molar-refractivity contribution in [2.45, 2.75) is 115 Å². The highest BCUT2D eigenvalue weighted by atomic mass is 32.1. The highest BCUT2D eigenvalue weighted by Crippen LogP contribution is 2.21. The van der Waals surface area contributed by atoms with Crippen LogP contribution in [0, 0.1) is 0 Å². The molecule has 0 spiro atoms. The van der Waals surface area contributed by atoms with Gasteiger partial charge < -0.3 is 24.8 Å². The van der Waals surface area contributed by atoms with Crippen LogP contribution in [0.15, 0.2) is 0 Å². The van der Waals surface area contributed by atoms with Gasteiger partial charge >= 0.3 is 0 Å². The van der Waals surface area contributed by atoms with Gasteiger partial charge in [-0.15, -0.1) is 0 Å². The summed E-state index contributed by atoms with van der Waals surface area (Å²) in [5.41, 5.74) is 0. The fourth-order valence-electron chi connectivity index (χ4n) is 3.50. The number of hydrogen-bond donors (Lipinski definition) is 3. The standard InChI is InChI=1S/C21H40O5S/c1-2-3-4-5-6-7-8-9-10-11-12-13-14-19(27)26-18-16-25-21(20(18)24)17(23)15-22/h17-18,20-24H,2-16H2,1H3/t17-,18+,20-,21-/m1/s1. The first-order valence-corrected chi connectivity index (χ1v) is 11.3. The van der Waals surface area contributed by atoms with E-state index in [9.17, 15) is 10.2 Å². The molecule has 1 fully saturated rings. The summed E-state index contributed by atoms with van der Waals surface area (Å²) < 4.78 is 10.9. The molecule has 4 atom stereocenters. The van der Waals surface area contributed by atoms with E-state index in [-0.39, 0.29) is 6.61 Å². The molecule has 0 amide bonds. The summed E-state index contributed by atoms with van der Waals surface area (Å²) in [6.07, 6.45) is 12.9. The normalized spacial score (nSPS) is 23.5. The van der Waals surface area contributed by atoms with Crippen LogP contribution in [0.1, 0.15) is 90.4 Å². The Labute approximate surface area is 170 Å². The Bertz CT molecular complexity index is 380. The molecule has 0 aliphatic carbocycles. The van der Waals surface area contributed by atoms with Gasteiger partial charge in [-0.3, -0.25) is 0 Å². The van der Waals surface area contributed by atoms with Gasteiger partial charge in [0, 0.05) is 6.42 Å². The van der Waals surface area contributed by atoms with Crippen molar-refractivity contribution in [1.82, 2.24) is 0 Å². The zero-order valence-corrected chi connectivity index (χ0v) is 17.8. The fourth-order valence-corrected chi connectivity index (χ4v) is 3.77. The zero-order chi connectivity index (χ0) is 19.9. The third-order valence-corrected chi connectivity index (χ3v) is 5.55. The van der Waals surface area contributed by atoms with Crippen molar-refractivity contribution < 1.29 is 24.8 Å². The molecule has 27 heavy (non-hydrogen) atoms. The number of ether oxygens (including phenoxy) is 2. The second kappa shape index (κ2) is 15.6. The van der Waals surface area contributed by atoms with E-state index in [0.29, 0.717) is 11.5 Å². The summed E-state index contributed by atoms with van der Waals surface area (Å²) in [5.74, 6) is 0. The monoisotopic (exact) mass is 404 g/mol. The molecule has 0 radical (unpaired) electrons. The molecule has 0 aromatic heterocycles. The van der Waals surface area contributed by atoms with Gasteiger partial charge in [0.2, 0.25) is 0 Å². The number of unbranched alkanes of at least 4 members (excludes halogenated alkanes) is 11. The van der Waals surface area contributed by atoms with Crippen LogP contribution in [0.2, 0.25) is 0 Å². The van der Waals surface area contributed by atoms with Gasteiger partial charge in [-0.05, 0) is 18.6 Å². The molecular weight excluding hydrogens is 364 g/mol. The maximum absolute atomic E-state index is 10.1. The molecule has 0 bridgehead atoms. The Morgan fingerprint density at radius 3 is 2.04 bits per heavy atom. The number of aliphatic hydroxyl groups excluding tert-OH is 3. The molecule has 0 saturated carbocycles. The largest absolute Gasteiger partial charge is 0.479 e. The van der Waals surface area contributed by atoms with Crippen molar-refractivity contribution in [2.24, 2.45) is 0 Å². The van der Waals surface area contributed by atoms with E-state index in [1.165, 1.54) is 64.2 Å². The van der Waals surface area contributed by atoms with E-state index in [0.717, 1.165) is 12.8 Å². The third kappa shape index (κ3) is 10.7. The molecular formula is C21H40O5S. The van der Waals surface area contributed by atoms with Crippen LogP contribution in [0.25, 0.3) is 0 Å². The van der Waals surface area contributed by atoms with E-state index in [2.05, 4.69) is 6.92 Å². The summed E-state index contributed by atoms with van der Waals surface area (Å²) >= 11 is 5.25. The van der Waals surface area contributed by atoms with Crippen LogP contribution in [-0.4, -0.2) is 58.0 Å². The Balaban J connectivity index is 1.95. The van der Waals surface area contributed by atoms with E-state index < -0.39 is 31.0 Å². The van der Waals surface area contributed by atoms with E-state index in [1.54, 1.807) is 0 Å². The van der Waals surface area contributed by atoms with Gasteiger partial charge in [-0.25, -0.2) is 0 Å². The zero-order valence-electron chi connectivity index (χ0n) is 17.0. The fraction of sp³-hybridized carbons (Fsp3) is 0.952. The molecule has 1 aliphatic rings. The van der Waals surface area contributed by atoms with Crippen LogP contribution in [-0.2, 0) is 9.47 Å². The lowest BCUT2D eigenvalue weighted by Crippen LogP contribution is -2.41. The Morgan fingerprint density at radius 2 is 1.52 bits per heavy atom. The van der Waals surface area contributed by atoms with Crippen molar-refractivity contribution in [3.05, 3.63) is 0 Å². The van der Waals surface area contributed by atoms with Gasteiger partial charge in [0.1, 0.15) is 18.3 Å². The minimum Gasteiger partial charge on any atom is -0.479 e. The summed E-state index contributed by atoms with van der Waals surface area (Å²) in [5, 5.41) is 29.1. The first kappa shape index (κ1) is 24.8. The smallest absolute Gasteiger partial charge is 0.160 e. The molecule has 5 nitrogen and oxygen atoms in total. The first-order chi connectivity index (χ1) is 13.1. The first-order valence-electron chi connectivity index (χ1n) is 10.9. The van der Waals surface area contributed by atoms with E-state index in [1.807, 2.05) is 0 Å². The predicted octanol–water partition coefficient (Wildman–Crippen LogP) is 3.90. The van der Waals surface area contributed by atoms with Gasteiger partial charge in [0.15, 0.2) is 11.2 Å². The quantitative estimate of drug-likeness (QED) is 0.267. The summed E-state index contributed by atoms with van der Waals surface area (Å²) in [6.45, 7) is 1.99. The number of thiocarbonyl (C=S) groups is 1. The SMILES string of the molecule is CCCCCCCCCCCCCCC(=S)O[C@H]1CO[C@H]([C@H](O)CO)[C@@H]1O. The molecule has 0 unspecified atom stereocenters. The predicted molar refractivity (Wildman–Crippen MR) is 112 cm³/mol. The second-order valence-electron chi connectivity index (χ2n) is 7.71. The molecule has 160 valence electrons. The third-order valence-electron chi connectivity index (χ3n) is 5.25. The molecule has 0 aromatic rings. The average molecular weight is 405 g/mol. The summed E-state index contributed by atoms with van der Waals surface area (Å²) in [7, 11) is 0. The lowest BCUT2D eigenvalue weighted by molar-refractivity contribution is -0.0679. The molecule has 6 heteroatoms. The number of hydrogen-bond acceptors (Lipinski definition) is 6. The van der Waals surface area contributed by atoms with Crippen molar-refractivity contribution in [3.8, 4) is 0 Å². The van der Waals surface area contributed by atoms with Crippen LogP contribution in [0.3, 0.4) is 0 Å². The van der Waals surface area contributed by atoms with Crippen molar-refractivity contribution in [1.29, 1.82) is 0 Å². The number of rotatable bonds is 16. The Morgan fingerprint density at radius 1 is 1.00 bits per heavy atom. The lowest BCUT2D eigenvalue weighted by Gasteiger charge is -2.21. The van der Waals surface area contributed by atoms with Crippen LogP contribution >= 0.6 is 12.2 Å². The minimum absolute atomic E-state index is 0.182. The van der Waals surface area contributed by atoms with Crippen molar-refractivity contribution in [3.63, 3.8) is 0 Å². The van der Waals surface area contributed by atoms with Crippen LogP contribution < -0.4 is 0 Å². The van der Waals surface area contributed by atoms with Crippen LogP contribution in [0.5, 0.6) is 0 Å². The molecule has 1 heterocycles. The maximum atomic E-state index is 10.1. The molecule has 0 aromatic carbocycles. The molecule has 1 aliphatic heterocycles. The minimum atomic E-state index is -1.10. The highest BCUT2D eigenvalue weighted by molar-refractivity contribution is 7.80. The van der Waals surface area contributed by atoms with Crippen molar-refractivity contribution >= 4 is 17.3 Å². The highest BCUT2D eigenvalue weighted by Gasteiger charge is 2.41. The second-order valence-corrected chi connectivity index (χ2v) is 8.16. The molecule has 3 N–H and O–H groups in total. The average Bonchev–Trinajstić information content (AvgIpc) is 3.02. The van der Waals surface area contributed by atoms with Gasteiger partial charge in [-0.2, -0.15) is 0 Å². The molecule has 1 saturated heterocycles. The van der Waals surface area contributed by atoms with E-state index >= 15 is 0 Å². The van der Waals surface area contributed by atoms with Gasteiger partial charge in [-0.1, -0.05) is 77.6 Å². The lowest BCUT2D eigenvalue weighted by atomic mass is 10.0. The summed E-state index contributed by atoms with van der Waals surface area (Å²) in [6, 6.07) is 0. The molecule has 1 rings (SSSR count). The van der Waals surface area contributed by atoms with Crippen LogP contribution in [0.4, 0.5) is 0 Å². The topological polar surface area (TPSA) is 79.2 Å². The Hall–Kier alpha value is -0.270. The van der Waals surface area contributed by atoms with Crippen molar-refractivity contribution in [2.75, 3.05) is 13.2 Å². The van der Waals surface area contributed by atoms with Gasteiger partial charge in [0.25, 0.3) is 0 Å². The summed E-state index contributed by atoms with van der Waals surface area (Å²) in [4.78, 5) is 0. The Kier molecular flexibility index (Phi) is 14.3. The van der Waals surface area contributed by atoms with Gasteiger partial charge in [0.05, 0.1) is 13.2 Å². The van der Waals surface area contributed by atoms with E-state index in [4.69, 9.17) is 26.8 Å². The number of aliphatic hydroxyl groups is 3. The maximum Gasteiger partial charge on any atom is 0.160 e.